The smallest absolute Gasteiger partial charge is 0.316 e. The van der Waals surface area contributed by atoms with Crippen LogP contribution in [0.3, 0.4) is 0 Å². The fourth-order valence-electron chi connectivity index (χ4n) is 3.07. The van der Waals surface area contributed by atoms with E-state index in [0.717, 1.165) is 25.9 Å². The Morgan fingerprint density at radius 3 is 2.71 bits per heavy atom. The number of thioether (sulfide) groups is 1. The molecule has 0 unspecified atom stereocenters. The number of amides is 1. The number of ether oxygens (including phenoxy) is 1. The predicted molar refractivity (Wildman–Crippen MR) is 123 cm³/mol. The predicted octanol–water partition coefficient (Wildman–Crippen LogP) is 2.98. The van der Waals surface area contributed by atoms with Crippen molar-refractivity contribution in [2.75, 3.05) is 30.8 Å². The lowest BCUT2D eigenvalue weighted by atomic mass is 10.00. The molecule has 1 aliphatic heterocycles. The van der Waals surface area contributed by atoms with Crippen LogP contribution in [0.2, 0.25) is 0 Å². The number of esters is 1. The number of anilines is 1. The van der Waals surface area contributed by atoms with E-state index in [1.165, 1.54) is 22.6 Å². The first-order valence-corrected chi connectivity index (χ1v) is 11.3. The standard InChI is InChI=1S/C21H23N5O3S2/c1-15-7-9-25(10-8-15)21(30)31-14-19(28)29-13-18(27)24-20-16(11-22)12-23-26(20)17-5-3-2-4-6-17/h2-6,12,15H,7-10,13-14H2,1H3,(H,24,27). The van der Waals surface area contributed by atoms with Crippen molar-refractivity contribution in [2.24, 2.45) is 5.92 Å². The molecular weight excluding hydrogens is 434 g/mol. The molecule has 0 aliphatic carbocycles. The highest BCUT2D eigenvalue weighted by atomic mass is 32.2. The van der Waals surface area contributed by atoms with Gasteiger partial charge >= 0.3 is 5.97 Å². The summed E-state index contributed by atoms with van der Waals surface area (Å²) >= 11 is 6.64. The fraction of sp³-hybridized carbons (Fsp3) is 0.381. The van der Waals surface area contributed by atoms with E-state index in [9.17, 15) is 14.9 Å². The molecule has 0 bridgehead atoms. The Labute approximate surface area is 190 Å². The lowest BCUT2D eigenvalue weighted by Gasteiger charge is -2.31. The van der Waals surface area contributed by atoms with Crippen LogP contribution in [-0.2, 0) is 14.3 Å². The maximum absolute atomic E-state index is 12.3. The minimum atomic E-state index is -0.555. The molecule has 0 atom stereocenters. The number of rotatable bonds is 6. The van der Waals surface area contributed by atoms with E-state index in [0.29, 0.717) is 15.9 Å². The molecule has 1 N–H and O–H groups in total. The molecule has 2 heterocycles. The van der Waals surface area contributed by atoms with E-state index in [-0.39, 0.29) is 17.1 Å². The zero-order valence-electron chi connectivity index (χ0n) is 17.1. The van der Waals surface area contributed by atoms with Crippen LogP contribution in [0.4, 0.5) is 5.82 Å². The number of thiocarbonyl (C=S) groups is 1. The SMILES string of the molecule is CC1CCN(C(=S)SCC(=O)OCC(=O)Nc2c(C#N)cnn2-c2ccccc2)CC1. The van der Waals surface area contributed by atoms with Crippen molar-refractivity contribution >= 4 is 46.0 Å². The number of para-hydroxylation sites is 1. The summed E-state index contributed by atoms with van der Waals surface area (Å²) in [4.78, 5) is 26.4. The summed E-state index contributed by atoms with van der Waals surface area (Å²) in [6.45, 7) is 3.57. The largest absolute Gasteiger partial charge is 0.455 e. The number of likely N-dealkylation sites (tertiary alicyclic amines) is 1. The highest BCUT2D eigenvalue weighted by Gasteiger charge is 2.20. The Kier molecular flexibility index (Phi) is 8.03. The van der Waals surface area contributed by atoms with Gasteiger partial charge in [0.25, 0.3) is 5.91 Å². The first kappa shape index (κ1) is 22.8. The van der Waals surface area contributed by atoms with E-state index in [1.807, 2.05) is 24.3 Å². The second kappa shape index (κ2) is 10.9. The molecule has 1 fully saturated rings. The van der Waals surface area contributed by atoms with Crippen LogP contribution < -0.4 is 5.32 Å². The highest BCUT2D eigenvalue weighted by Crippen LogP contribution is 2.21. The molecule has 2 aromatic rings. The molecule has 162 valence electrons. The van der Waals surface area contributed by atoms with Crippen LogP contribution in [0, 0.1) is 17.2 Å². The van der Waals surface area contributed by atoms with Gasteiger partial charge in [-0.25, -0.2) is 4.68 Å². The third-order valence-electron chi connectivity index (χ3n) is 4.87. The number of benzene rings is 1. The summed E-state index contributed by atoms with van der Waals surface area (Å²) in [5.41, 5.74) is 0.897. The Balaban J connectivity index is 1.48. The average molecular weight is 458 g/mol. The van der Waals surface area contributed by atoms with Gasteiger partial charge in [-0.1, -0.05) is 49.1 Å². The number of carbonyl (C=O) groups excluding carboxylic acids is 2. The second-order valence-corrected chi connectivity index (χ2v) is 8.81. The third-order valence-corrected chi connectivity index (χ3v) is 6.36. The number of hydrogen-bond acceptors (Lipinski definition) is 7. The van der Waals surface area contributed by atoms with Gasteiger partial charge in [-0.05, 0) is 30.9 Å². The van der Waals surface area contributed by atoms with Gasteiger partial charge in [-0.2, -0.15) is 10.4 Å². The van der Waals surface area contributed by atoms with Gasteiger partial charge in [-0.15, -0.1) is 0 Å². The van der Waals surface area contributed by atoms with E-state index in [1.54, 1.807) is 12.1 Å². The molecule has 1 amide bonds. The second-order valence-electron chi connectivity index (χ2n) is 7.20. The first-order valence-electron chi connectivity index (χ1n) is 9.88. The molecule has 8 nitrogen and oxygen atoms in total. The van der Waals surface area contributed by atoms with Gasteiger partial charge in [0.1, 0.15) is 16.0 Å². The summed E-state index contributed by atoms with van der Waals surface area (Å²) in [6.07, 6.45) is 3.55. The molecular formula is C21H23N5O3S2. The number of hydrogen-bond donors (Lipinski definition) is 1. The van der Waals surface area contributed by atoms with Crippen molar-refractivity contribution in [2.45, 2.75) is 19.8 Å². The Bertz CT molecular complexity index is 979. The number of nitrogens with one attached hydrogen (secondary N) is 1. The fourth-order valence-corrected chi connectivity index (χ4v) is 4.12. The molecule has 0 radical (unpaired) electrons. The van der Waals surface area contributed by atoms with Gasteiger partial charge in [0, 0.05) is 13.1 Å². The zero-order valence-corrected chi connectivity index (χ0v) is 18.7. The molecule has 0 spiro atoms. The van der Waals surface area contributed by atoms with Crippen molar-refractivity contribution in [1.82, 2.24) is 14.7 Å². The monoisotopic (exact) mass is 457 g/mol. The van der Waals surface area contributed by atoms with Gasteiger partial charge in [0.2, 0.25) is 0 Å². The lowest BCUT2D eigenvalue weighted by Crippen LogP contribution is -2.36. The first-order chi connectivity index (χ1) is 15.0. The van der Waals surface area contributed by atoms with Crippen LogP contribution in [0.25, 0.3) is 5.69 Å². The van der Waals surface area contributed by atoms with E-state index in [2.05, 4.69) is 22.2 Å². The Morgan fingerprint density at radius 2 is 2.03 bits per heavy atom. The topological polar surface area (TPSA) is 100 Å². The van der Waals surface area contributed by atoms with Crippen LogP contribution in [0.1, 0.15) is 25.3 Å². The Morgan fingerprint density at radius 1 is 1.32 bits per heavy atom. The average Bonchev–Trinajstić information content (AvgIpc) is 3.19. The molecule has 1 aromatic heterocycles. The van der Waals surface area contributed by atoms with Gasteiger partial charge in [0.15, 0.2) is 12.4 Å². The number of nitriles is 1. The molecule has 1 aliphatic rings. The van der Waals surface area contributed by atoms with Crippen molar-refractivity contribution in [3.63, 3.8) is 0 Å². The molecule has 0 saturated carbocycles. The maximum atomic E-state index is 12.3. The van der Waals surface area contributed by atoms with Crippen molar-refractivity contribution in [3.8, 4) is 11.8 Å². The third kappa shape index (κ3) is 6.29. The quantitative estimate of drug-likeness (QED) is 0.522. The molecule has 3 rings (SSSR count). The Hall–Kier alpha value is -2.90. The summed E-state index contributed by atoms with van der Waals surface area (Å²) in [7, 11) is 0. The normalized spacial score (nSPS) is 14.0. The van der Waals surface area contributed by atoms with Gasteiger partial charge in [-0.3, -0.25) is 9.59 Å². The van der Waals surface area contributed by atoms with E-state index >= 15 is 0 Å². The zero-order chi connectivity index (χ0) is 22.2. The number of carbonyl (C=O) groups is 2. The number of nitrogens with zero attached hydrogens (tertiary/aromatic N) is 4. The summed E-state index contributed by atoms with van der Waals surface area (Å²) in [5.74, 6) is -0.106. The lowest BCUT2D eigenvalue weighted by molar-refractivity contribution is -0.144. The molecule has 1 saturated heterocycles. The number of piperidine rings is 1. The molecule has 1 aromatic carbocycles. The van der Waals surface area contributed by atoms with Crippen LogP contribution in [-0.4, -0.2) is 56.3 Å². The van der Waals surface area contributed by atoms with Gasteiger partial charge in [0.05, 0.1) is 17.6 Å². The van der Waals surface area contributed by atoms with Gasteiger partial charge < -0.3 is 15.0 Å². The number of aromatic nitrogens is 2. The molecule has 10 heteroatoms. The van der Waals surface area contributed by atoms with Crippen LogP contribution in [0.15, 0.2) is 36.5 Å². The van der Waals surface area contributed by atoms with E-state index in [4.69, 9.17) is 17.0 Å². The molecule has 31 heavy (non-hydrogen) atoms. The van der Waals surface area contributed by atoms with E-state index < -0.39 is 18.5 Å². The van der Waals surface area contributed by atoms with Crippen LogP contribution in [0.5, 0.6) is 0 Å². The highest BCUT2D eigenvalue weighted by molar-refractivity contribution is 8.23. The van der Waals surface area contributed by atoms with Crippen molar-refractivity contribution in [1.29, 1.82) is 5.26 Å². The maximum Gasteiger partial charge on any atom is 0.316 e. The minimum Gasteiger partial charge on any atom is -0.455 e. The minimum absolute atomic E-state index is 0.0452. The van der Waals surface area contributed by atoms with Crippen LogP contribution >= 0.6 is 24.0 Å². The summed E-state index contributed by atoms with van der Waals surface area (Å²) < 4.78 is 7.19. The van der Waals surface area contributed by atoms with Crippen molar-refractivity contribution in [3.05, 3.63) is 42.1 Å². The summed E-state index contributed by atoms with van der Waals surface area (Å²) in [6, 6.07) is 11.1. The summed E-state index contributed by atoms with van der Waals surface area (Å²) in [5, 5.41) is 16.1. The van der Waals surface area contributed by atoms with Crippen molar-refractivity contribution < 1.29 is 14.3 Å².